The lowest BCUT2D eigenvalue weighted by Crippen LogP contribution is -2.22. The number of aliphatic hydroxyl groups is 1. The maximum atomic E-state index is 11.6. The summed E-state index contributed by atoms with van der Waals surface area (Å²) in [6.45, 7) is 1.72. The van der Waals surface area contributed by atoms with Gasteiger partial charge >= 0.3 is 5.69 Å². The number of fused-ring (bicyclic) bond motifs is 1. The summed E-state index contributed by atoms with van der Waals surface area (Å²) in [5.41, 5.74) is 0.468. The molecule has 0 saturated carbocycles. The Bertz CT molecular complexity index is 626. The number of aromatic nitrogens is 2. The summed E-state index contributed by atoms with van der Waals surface area (Å²) in [5.74, 6) is 0. The third kappa shape index (κ3) is 2.04. The molecule has 1 aromatic heterocycles. The molecule has 0 fully saturated rings. The van der Waals surface area contributed by atoms with Gasteiger partial charge in [-0.3, -0.25) is 14.7 Å². The predicted octanol–water partition coefficient (Wildman–Crippen LogP) is 0.619. The number of aromatic amines is 1. The Kier molecular flexibility index (Phi) is 2.68. The molecule has 0 bridgehead atoms. The minimum Gasteiger partial charge on any atom is -0.392 e. The lowest BCUT2D eigenvalue weighted by Gasteiger charge is -2.05. The molecule has 17 heavy (non-hydrogen) atoms. The van der Waals surface area contributed by atoms with E-state index >= 15 is 0 Å². The van der Waals surface area contributed by atoms with Crippen LogP contribution in [0.1, 0.15) is 6.92 Å². The fourth-order valence-electron chi connectivity index (χ4n) is 1.71. The van der Waals surface area contributed by atoms with Gasteiger partial charge < -0.3 is 10.1 Å². The van der Waals surface area contributed by atoms with E-state index in [0.717, 1.165) is 0 Å². The number of imidazole rings is 1. The van der Waals surface area contributed by atoms with E-state index < -0.39 is 11.0 Å². The quantitative estimate of drug-likeness (QED) is 0.603. The van der Waals surface area contributed by atoms with Crippen molar-refractivity contribution < 1.29 is 10.0 Å². The molecular formula is C10H11N3O4. The number of benzene rings is 1. The molecule has 2 N–H and O–H groups in total. The number of nitro benzene ring substituents is 1. The largest absolute Gasteiger partial charge is 0.392 e. The molecule has 0 aliphatic carbocycles. The minimum absolute atomic E-state index is 0.0806. The molecule has 1 atom stereocenters. The number of non-ortho nitro benzene ring substituents is 1. The summed E-state index contributed by atoms with van der Waals surface area (Å²) in [6, 6.07) is 4.12. The summed E-state index contributed by atoms with van der Waals surface area (Å²) in [7, 11) is 0. The molecule has 1 aromatic carbocycles. The van der Waals surface area contributed by atoms with Crippen molar-refractivity contribution >= 4 is 16.7 Å². The zero-order valence-electron chi connectivity index (χ0n) is 9.08. The maximum Gasteiger partial charge on any atom is 0.326 e. The molecule has 7 heteroatoms. The monoisotopic (exact) mass is 237 g/mol. The van der Waals surface area contributed by atoms with E-state index in [-0.39, 0.29) is 17.9 Å². The molecule has 7 nitrogen and oxygen atoms in total. The number of H-pyrrole nitrogens is 1. The van der Waals surface area contributed by atoms with Crippen LogP contribution in [0.25, 0.3) is 11.0 Å². The third-order valence-electron chi connectivity index (χ3n) is 2.42. The van der Waals surface area contributed by atoms with Gasteiger partial charge in [0.25, 0.3) is 5.69 Å². The van der Waals surface area contributed by atoms with Crippen molar-refractivity contribution in [3.63, 3.8) is 0 Å². The third-order valence-corrected chi connectivity index (χ3v) is 2.42. The van der Waals surface area contributed by atoms with Crippen molar-refractivity contribution in [1.29, 1.82) is 0 Å². The Morgan fingerprint density at radius 1 is 1.59 bits per heavy atom. The summed E-state index contributed by atoms with van der Waals surface area (Å²) in [6.07, 6.45) is -0.665. The van der Waals surface area contributed by atoms with Crippen molar-refractivity contribution in [2.75, 3.05) is 0 Å². The SMILES string of the molecule is CC(O)Cn1c(=O)[nH]c2cc([N+](=O)[O-])ccc21. The Balaban J connectivity index is 2.60. The fraction of sp³-hybridized carbons (Fsp3) is 0.300. The van der Waals surface area contributed by atoms with Gasteiger partial charge in [0.15, 0.2) is 0 Å². The number of hydrogen-bond donors (Lipinski definition) is 2. The first-order chi connectivity index (χ1) is 7.99. The lowest BCUT2D eigenvalue weighted by atomic mass is 10.2. The van der Waals surface area contributed by atoms with E-state index in [1.54, 1.807) is 6.92 Å². The molecular weight excluding hydrogens is 226 g/mol. The van der Waals surface area contributed by atoms with E-state index in [1.165, 1.54) is 22.8 Å². The van der Waals surface area contributed by atoms with Crippen molar-refractivity contribution in [1.82, 2.24) is 9.55 Å². The van der Waals surface area contributed by atoms with E-state index in [4.69, 9.17) is 0 Å². The van der Waals surface area contributed by atoms with Crippen molar-refractivity contribution in [2.24, 2.45) is 0 Å². The standard InChI is InChI=1S/C10H11N3O4/c1-6(14)5-12-9-3-2-7(13(16)17)4-8(9)11-10(12)15/h2-4,6,14H,5H2,1H3,(H,11,15). The minimum atomic E-state index is -0.665. The first-order valence-electron chi connectivity index (χ1n) is 5.04. The van der Waals surface area contributed by atoms with Crippen molar-refractivity contribution in [3.05, 3.63) is 38.8 Å². The first-order valence-corrected chi connectivity index (χ1v) is 5.04. The van der Waals surface area contributed by atoms with Crippen LogP contribution < -0.4 is 5.69 Å². The molecule has 1 unspecified atom stereocenters. The summed E-state index contributed by atoms with van der Waals surface area (Å²) in [4.78, 5) is 24.2. The first kappa shape index (κ1) is 11.3. The summed E-state index contributed by atoms with van der Waals surface area (Å²) >= 11 is 0. The average molecular weight is 237 g/mol. The Morgan fingerprint density at radius 3 is 2.88 bits per heavy atom. The highest BCUT2D eigenvalue weighted by molar-refractivity contribution is 5.77. The topological polar surface area (TPSA) is 101 Å². The smallest absolute Gasteiger partial charge is 0.326 e. The molecule has 1 heterocycles. The molecule has 0 radical (unpaired) electrons. The predicted molar refractivity (Wildman–Crippen MR) is 60.9 cm³/mol. The van der Waals surface area contributed by atoms with Gasteiger partial charge in [-0.2, -0.15) is 0 Å². The van der Waals surface area contributed by atoms with Gasteiger partial charge in [0.2, 0.25) is 0 Å². The number of aliphatic hydroxyl groups excluding tert-OH is 1. The van der Waals surface area contributed by atoms with Crippen LogP contribution in [0, 0.1) is 10.1 Å². The molecule has 0 aliphatic rings. The number of nitrogens with zero attached hydrogens (tertiary/aromatic N) is 2. The second-order valence-electron chi connectivity index (χ2n) is 3.85. The van der Waals surface area contributed by atoms with E-state index in [1.807, 2.05) is 0 Å². The van der Waals surface area contributed by atoms with Crippen LogP contribution in [0.5, 0.6) is 0 Å². The lowest BCUT2D eigenvalue weighted by molar-refractivity contribution is -0.384. The molecule has 90 valence electrons. The normalized spacial score (nSPS) is 12.8. The fourth-order valence-corrected chi connectivity index (χ4v) is 1.71. The van der Waals surface area contributed by atoms with E-state index in [0.29, 0.717) is 11.0 Å². The van der Waals surface area contributed by atoms with Gasteiger partial charge in [-0.1, -0.05) is 0 Å². The zero-order valence-corrected chi connectivity index (χ0v) is 9.08. The number of hydrogen-bond acceptors (Lipinski definition) is 4. The molecule has 0 spiro atoms. The van der Waals surface area contributed by atoms with Gasteiger partial charge in [-0.25, -0.2) is 4.79 Å². The highest BCUT2D eigenvalue weighted by Gasteiger charge is 2.12. The summed E-state index contributed by atoms with van der Waals surface area (Å²) in [5, 5.41) is 19.8. The maximum absolute atomic E-state index is 11.6. The molecule has 0 amide bonds. The van der Waals surface area contributed by atoms with Crippen LogP contribution in [-0.4, -0.2) is 25.7 Å². The number of nitrogens with one attached hydrogen (secondary N) is 1. The Labute approximate surface area is 95.5 Å². The Morgan fingerprint density at radius 2 is 2.29 bits per heavy atom. The van der Waals surface area contributed by atoms with Crippen molar-refractivity contribution in [2.45, 2.75) is 19.6 Å². The zero-order chi connectivity index (χ0) is 12.6. The molecule has 0 aliphatic heterocycles. The van der Waals surface area contributed by atoms with Crippen LogP contribution in [0.3, 0.4) is 0 Å². The van der Waals surface area contributed by atoms with Gasteiger partial charge in [0, 0.05) is 12.1 Å². The van der Waals surface area contributed by atoms with Crippen LogP contribution in [0.15, 0.2) is 23.0 Å². The van der Waals surface area contributed by atoms with Gasteiger partial charge in [-0.05, 0) is 13.0 Å². The van der Waals surface area contributed by atoms with Crippen LogP contribution in [-0.2, 0) is 6.54 Å². The van der Waals surface area contributed by atoms with E-state index in [2.05, 4.69) is 4.98 Å². The van der Waals surface area contributed by atoms with Crippen molar-refractivity contribution in [3.8, 4) is 0 Å². The average Bonchev–Trinajstić information content (AvgIpc) is 2.54. The van der Waals surface area contributed by atoms with Gasteiger partial charge in [0.1, 0.15) is 0 Å². The Hall–Kier alpha value is -2.15. The molecule has 2 aromatic rings. The van der Waals surface area contributed by atoms with Gasteiger partial charge in [0.05, 0.1) is 28.6 Å². The highest BCUT2D eigenvalue weighted by atomic mass is 16.6. The highest BCUT2D eigenvalue weighted by Crippen LogP contribution is 2.18. The molecule has 0 saturated heterocycles. The second-order valence-corrected chi connectivity index (χ2v) is 3.85. The van der Waals surface area contributed by atoms with Crippen LogP contribution in [0.4, 0.5) is 5.69 Å². The van der Waals surface area contributed by atoms with Gasteiger partial charge in [-0.15, -0.1) is 0 Å². The van der Waals surface area contributed by atoms with E-state index in [9.17, 15) is 20.0 Å². The second kappa shape index (κ2) is 4.02. The number of nitro groups is 1. The van der Waals surface area contributed by atoms with Crippen LogP contribution in [0.2, 0.25) is 0 Å². The van der Waals surface area contributed by atoms with Crippen LogP contribution >= 0.6 is 0 Å². The molecule has 2 rings (SSSR count). The summed E-state index contributed by atoms with van der Waals surface area (Å²) < 4.78 is 1.35. The number of rotatable bonds is 3.